The molecular formula is C14H26N4O2. The number of carbonyl (C=O) groups excluding carboxylic acids is 2. The second kappa shape index (κ2) is 6.54. The van der Waals surface area contributed by atoms with Crippen LogP contribution in [0.25, 0.3) is 0 Å². The first-order valence-corrected chi connectivity index (χ1v) is 7.54. The van der Waals surface area contributed by atoms with E-state index in [-0.39, 0.29) is 23.8 Å². The second-order valence-electron chi connectivity index (χ2n) is 6.19. The van der Waals surface area contributed by atoms with Gasteiger partial charge in [0, 0.05) is 31.7 Å². The topological polar surface area (TPSA) is 92.7 Å². The fourth-order valence-electron chi connectivity index (χ4n) is 3.20. The molecule has 6 nitrogen and oxygen atoms in total. The Bertz CT molecular complexity index is 374. The lowest BCUT2D eigenvalue weighted by Gasteiger charge is -2.38. The molecule has 0 aromatic carbocycles. The largest absolute Gasteiger partial charge is 0.369 e. The monoisotopic (exact) mass is 282 g/mol. The number of piperidine rings is 2. The number of rotatable bonds is 3. The number of carbonyl (C=O) groups is 2. The Kier molecular flexibility index (Phi) is 4.99. The van der Waals surface area contributed by atoms with Crippen LogP contribution in [-0.2, 0) is 9.59 Å². The second-order valence-corrected chi connectivity index (χ2v) is 6.19. The molecule has 3 atom stereocenters. The van der Waals surface area contributed by atoms with Crippen LogP contribution in [0.3, 0.4) is 0 Å². The van der Waals surface area contributed by atoms with Crippen LogP contribution < -0.4 is 11.5 Å². The molecule has 0 aromatic rings. The zero-order chi connectivity index (χ0) is 14.7. The smallest absolute Gasteiger partial charge is 0.236 e. The Morgan fingerprint density at radius 3 is 2.65 bits per heavy atom. The fraction of sp³-hybridized carbons (Fsp3) is 0.857. The molecule has 4 N–H and O–H groups in total. The molecule has 0 bridgehead atoms. The Balaban J connectivity index is 1.86. The first kappa shape index (κ1) is 15.3. The van der Waals surface area contributed by atoms with E-state index in [1.54, 1.807) is 4.90 Å². The lowest BCUT2D eigenvalue weighted by molar-refractivity contribution is -0.136. The summed E-state index contributed by atoms with van der Waals surface area (Å²) in [5.74, 6) is -0.363. The Morgan fingerprint density at radius 1 is 1.25 bits per heavy atom. The van der Waals surface area contributed by atoms with Gasteiger partial charge in [-0.15, -0.1) is 0 Å². The van der Waals surface area contributed by atoms with Crippen molar-refractivity contribution in [2.45, 2.75) is 44.7 Å². The van der Waals surface area contributed by atoms with Crippen molar-refractivity contribution in [3.05, 3.63) is 0 Å². The standard InChI is InChI=1S/C14H26N4O2/c1-10-7-12(15)4-6-17(10)9-13(19)18-5-2-3-11(8-18)14(16)20/h10-12H,2-9,15H2,1H3,(H2,16,20). The Labute approximate surface area is 120 Å². The van der Waals surface area contributed by atoms with E-state index in [9.17, 15) is 9.59 Å². The summed E-state index contributed by atoms with van der Waals surface area (Å²) in [5, 5.41) is 0. The van der Waals surface area contributed by atoms with Crippen molar-refractivity contribution in [2.24, 2.45) is 17.4 Å². The van der Waals surface area contributed by atoms with E-state index in [4.69, 9.17) is 11.5 Å². The fourth-order valence-corrected chi connectivity index (χ4v) is 3.20. The quantitative estimate of drug-likeness (QED) is 0.731. The molecule has 3 unspecified atom stereocenters. The molecule has 2 heterocycles. The molecule has 6 heteroatoms. The van der Waals surface area contributed by atoms with Crippen molar-refractivity contribution in [1.82, 2.24) is 9.80 Å². The number of primary amides is 1. The van der Waals surface area contributed by atoms with E-state index in [1.165, 1.54) is 0 Å². The summed E-state index contributed by atoms with van der Waals surface area (Å²) in [6.07, 6.45) is 3.55. The summed E-state index contributed by atoms with van der Waals surface area (Å²) in [6.45, 7) is 4.65. The molecule has 2 amide bonds. The molecule has 20 heavy (non-hydrogen) atoms. The van der Waals surface area contributed by atoms with Crippen LogP contribution in [0.2, 0.25) is 0 Å². The van der Waals surface area contributed by atoms with E-state index in [2.05, 4.69) is 11.8 Å². The summed E-state index contributed by atoms with van der Waals surface area (Å²) in [4.78, 5) is 27.6. The van der Waals surface area contributed by atoms with Gasteiger partial charge in [-0.1, -0.05) is 0 Å². The van der Waals surface area contributed by atoms with Crippen LogP contribution in [0.15, 0.2) is 0 Å². The highest BCUT2D eigenvalue weighted by molar-refractivity contribution is 5.81. The number of amides is 2. The lowest BCUT2D eigenvalue weighted by atomic mass is 9.97. The normalized spacial score (nSPS) is 32.1. The molecule has 0 aromatic heterocycles. The third-order valence-electron chi connectivity index (χ3n) is 4.57. The van der Waals surface area contributed by atoms with E-state index >= 15 is 0 Å². The molecule has 2 fully saturated rings. The first-order chi connectivity index (χ1) is 9.47. The van der Waals surface area contributed by atoms with Gasteiger partial charge in [-0.05, 0) is 32.6 Å². The van der Waals surface area contributed by atoms with Crippen molar-refractivity contribution in [3.63, 3.8) is 0 Å². The molecule has 2 saturated heterocycles. The Morgan fingerprint density at radius 2 is 2.00 bits per heavy atom. The average Bonchev–Trinajstić information content (AvgIpc) is 2.42. The molecule has 0 saturated carbocycles. The molecule has 114 valence electrons. The van der Waals surface area contributed by atoms with E-state index in [1.807, 2.05) is 0 Å². The van der Waals surface area contributed by atoms with Gasteiger partial charge < -0.3 is 16.4 Å². The predicted octanol–water partition coefficient (Wildman–Crippen LogP) is -0.478. The maximum Gasteiger partial charge on any atom is 0.236 e. The number of hydrogen-bond acceptors (Lipinski definition) is 4. The van der Waals surface area contributed by atoms with Crippen LogP contribution in [0.4, 0.5) is 0 Å². The van der Waals surface area contributed by atoms with Crippen LogP contribution in [0.5, 0.6) is 0 Å². The van der Waals surface area contributed by atoms with E-state index < -0.39 is 0 Å². The number of hydrogen-bond donors (Lipinski definition) is 2. The highest BCUT2D eigenvalue weighted by atomic mass is 16.2. The summed E-state index contributed by atoms with van der Waals surface area (Å²) in [6, 6.07) is 0.602. The lowest BCUT2D eigenvalue weighted by Crippen LogP contribution is -2.52. The highest BCUT2D eigenvalue weighted by Gasteiger charge is 2.30. The Hall–Kier alpha value is -1.14. The summed E-state index contributed by atoms with van der Waals surface area (Å²) < 4.78 is 0. The number of nitrogens with two attached hydrogens (primary N) is 2. The van der Waals surface area contributed by atoms with Gasteiger partial charge >= 0.3 is 0 Å². The molecule has 2 rings (SSSR count). The third kappa shape index (κ3) is 3.70. The van der Waals surface area contributed by atoms with Crippen molar-refractivity contribution in [2.75, 3.05) is 26.2 Å². The minimum absolute atomic E-state index is 0.110. The maximum atomic E-state index is 12.4. The third-order valence-corrected chi connectivity index (χ3v) is 4.57. The molecule has 0 radical (unpaired) electrons. The number of nitrogens with zero attached hydrogens (tertiary/aromatic N) is 2. The minimum atomic E-state index is -0.292. The van der Waals surface area contributed by atoms with Gasteiger partial charge in [-0.2, -0.15) is 0 Å². The molecule has 2 aliphatic heterocycles. The maximum absolute atomic E-state index is 12.4. The van der Waals surface area contributed by atoms with Gasteiger partial charge in [0.05, 0.1) is 12.5 Å². The summed E-state index contributed by atoms with van der Waals surface area (Å²) >= 11 is 0. The SMILES string of the molecule is CC1CC(N)CCN1CC(=O)N1CCCC(C(N)=O)C1. The summed E-state index contributed by atoms with van der Waals surface area (Å²) in [5.41, 5.74) is 11.3. The number of likely N-dealkylation sites (tertiary alicyclic amines) is 2. The first-order valence-electron chi connectivity index (χ1n) is 7.54. The zero-order valence-electron chi connectivity index (χ0n) is 12.3. The van der Waals surface area contributed by atoms with Gasteiger partial charge in [0.2, 0.25) is 11.8 Å². The van der Waals surface area contributed by atoms with E-state index in [0.717, 1.165) is 38.8 Å². The van der Waals surface area contributed by atoms with Crippen molar-refractivity contribution >= 4 is 11.8 Å². The summed E-state index contributed by atoms with van der Waals surface area (Å²) in [7, 11) is 0. The van der Waals surface area contributed by atoms with Crippen molar-refractivity contribution < 1.29 is 9.59 Å². The molecule has 0 aliphatic carbocycles. The average molecular weight is 282 g/mol. The van der Waals surface area contributed by atoms with Crippen LogP contribution in [-0.4, -0.2) is 59.9 Å². The molecular weight excluding hydrogens is 256 g/mol. The van der Waals surface area contributed by atoms with Crippen molar-refractivity contribution in [1.29, 1.82) is 0 Å². The predicted molar refractivity (Wildman–Crippen MR) is 76.7 cm³/mol. The molecule has 2 aliphatic rings. The van der Waals surface area contributed by atoms with Crippen LogP contribution >= 0.6 is 0 Å². The highest BCUT2D eigenvalue weighted by Crippen LogP contribution is 2.19. The van der Waals surface area contributed by atoms with Gasteiger partial charge in [-0.25, -0.2) is 0 Å². The van der Waals surface area contributed by atoms with Gasteiger partial charge in [-0.3, -0.25) is 14.5 Å². The minimum Gasteiger partial charge on any atom is -0.369 e. The van der Waals surface area contributed by atoms with Gasteiger partial charge in [0.15, 0.2) is 0 Å². The zero-order valence-corrected chi connectivity index (χ0v) is 12.3. The van der Waals surface area contributed by atoms with Gasteiger partial charge in [0.1, 0.15) is 0 Å². The van der Waals surface area contributed by atoms with Crippen LogP contribution in [0.1, 0.15) is 32.6 Å². The van der Waals surface area contributed by atoms with Crippen LogP contribution in [0, 0.1) is 5.92 Å². The molecule has 0 spiro atoms. The van der Waals surface area contributed by atoms with Gasteiger partial charge in [0.25, 0.3) is 0 Å². The van der Waals surface area contributed by atoms with E-state index in [0.29, 0.717) is 19.1 Å². The van der Waals surface area contributed by atoms with Crippen molar-refractivity contribution in [3.8, 4) is 0 Å².